The maximum absolute atomic E-state index is 12.7. The predicted molar refractivity (Wildman–Crippen MR) is 95.2 cm³/mol. The molecule has 4 heteroatoms. The minimum atomic E-state index is -0.114. The van der Waals surface area contributed by atoms with Crippen molar-refractivity contribution in [2.45, 2.75) is 59.0 Å². The molecule has 4 nitrogen and oxygen atoms in total. The first-order valence-electron chi connectivity index (χ1n) is 8.60. The van der Waals surface area contributed by atoms with E-state index in [0.29, 0.717) is 22.6 Å². The summed E-state index contributed by atoms with van der Waals surface area (Å²) in [5.74, 6) is 0.0598. The van der Waals surface area contributed by atoms with E-state index in [2.05, 4.69) is 31.0 Å². The van der Waals surface area contributed by atoms with Gasteiger partial charge in [-0.1, -0.05) is 26.8 Å². The van der Waals surface area contributed by atoms with Gasteiger partial charge in [0, 0.05) is 24.0 Å². The summed E-state index contributed by atoms with van der Waals surface area (Å²) in [4.78, 5) is 15.1. The highest BCUT2D eigenvalue weighted by atomic mass is 16.2. The van der Waals surface area contributed by atoms with E-state index in [0.717, 1.165) is 12.2 Å². The predicted octanol–water partition coefficient (Wildman–Crippen LogP) is 3.50. The van der Waals surface area contributed by atoms with Crippen molar-refractivity contribution in [3.8, 4) is 0 Å². The lowest BCUT2D eigenvalue weighted by molar-refractivity contribution is -0.121. The SMILES string of the molecule is CC(C(=O)Nc1cccc(N)c1)N1CC2(C)CC1CC(C)(C)C2. The molecule has 2 bridgehead atoms. The molecule has 0 radical (unpaired) electrons. The van der Waals surface area contributed by atoms with Crippen LogP contribution in [0.5, 0.6) is 0 Å². The van der Waals surface area contributed by atoms with Gasteiger partial charge in [-0.25, -0.2) is 0 Å². The number of hydrogen-bond acceptors (Lipinski definition) is 3. The lowest BCUT2D eigenvalue weighted by atomic mass is 9.65. The Balaban J connectivity index is 1.71. The van der Waals surface area contributed by atoms with Gasteiger partial charge in [-0.3, -0.25) is 9.69 Å². The number of nitrogen functional groups attached to an aromatic ring is 1. The Morgan fingerprint density at radius 2 is 2.09 bits per heavy atom. The molecular formula is C19H29N3O. The molecule has 1 aromatic carbocycles. The number of rotatable bonds is 3. The minimum Gasteiger partial charge on any atom is -0.399 e. The van der Waals surface area contributed by atoms with E-state index in [1.807, 2.05) is 25.1 Å². The van der Waals surface area contributed by atoms with E-state index in [1.165, 1.54) is 19.3 Å². The van der Waals surface area contributed by atoms with Crippen LogP contribution in [0.2, 0.25) is 0 Å². The van der Waals surface area contributed by atoms with Crippen LogP contribution in [0.4, 0.5) is 11.4 Å². The maximum atomic E-state index is 12.7. The van der Waals surface area contributed by atoms with Crippen LogP contribution in [0.3, 0.4) is 0 Å². The summed E-state index contributed by atoms with van der Waals surface area (Å²) < 4.78 is 0. The first-order chi connectivity index (χ1) is 10.7. The Hall–Kier alpha value is -1.55. The van der Waals surface area contributed by atoms with Gasteiger partial charge in [0.2, 0.25) is 5.91 Å². The van der Waals surface area contributed by atoms with Crippen molar-refractivity contribution in [1.29, 1.82) is 0 Å². The Labute approximate surface area is 139 Å². The highest BCUT2D eigenvalue weighted by molar-refractivity contribution is 5.95. The first-order valence-corrected chi connectivity index (χ1v) is 8.60. The van der Waals surface area contributed by atoms with Gasteiger partial charge in [0.15, 0.2) is 0 Å². The fourth-order valence-corrected chi connectivity index (χ4v) is 4.97. The molecule has 3 N–H and O–H groups in total. The zero-order chi connectivity index (χ0) is 16.8. The summed E-state index contributed by atoms with van der Waals surface area (Å²) in [6, 6.07) is 7.78. The molecule has 1 saturated heterocycles. The van der Waals surface area contributed by atoms with Crippen LogP contribution in [0.1, 0.15) is 47.0 Å². The molecule has 1 aliphatic carbocycles. The van der Waals surface area contributed by atoms with Crippen molar-refractivity contribution >= 4 is 17.3 Å². The second-order valence-electron chi connectivity index (χ2n) is 8.68. The van der Waals surface area contributed by atoms with Crippen LogP contribution in [0.15, 0.2) is 24.3 Å². The van der Waals surface area contributed by atoms with E-state index >= 15 is 0 Å². The van der Waals surface area contributed by atoms with Gasteiger partial charge in [0.25, 0.3) is 0 Å². The van der Waals surface area contributed by atoms with Crippen molar-refractivity contribution in [3.05, 3.63) is 24.3 Å². The number of benzene rings is 1. The van der Waals surface area contributed by atoms with E-state index in [4.69, 9.17) is 5.73 Å². The van der Waals surface area contributed by atoms with E-state index in [1.54, 1.807) is 6.07 Å². The number of fused-ring (bicyclic) bond motifs is 2. The summed E-state index contributed by atoms with van der Waals surface area (Å²) in [6.07, 6.45) is 3.64. The summed E-state index contributed by atoms with van der Waals surface area (Å²) in [6.45, 7) is 10.1. The van der Waals surface area contributed by atoms with Crippen LogP contribution >= 0.6 is 0 Å². The molecule has 1 aliphatic heterocycles. The van der Waals surface area contributed by atoms with Crippen LogP contribution in [0, 0.1) is 10.8 Å². The van der Waals surface area contributed by atoms with Crippen LogP contribution in [0.25, 0.3) is 0 Å². The van der Waals surface area contributed by atoms with Gasteiger partial charge in [-0.05, 0) is 55.2 Å². The van der Waals surface area contributed by atoms with Crippen LogP contribution in [-0.2, 0) is 4.79 Å². The Morgan fingerprint density at radius 3 is 2.78 bits per heavy atom. The molecule has 0 spiro atoms. The molecule has 3 atom stereocenters. The lowest BCUT2D eigenvalue weighted by Crippen LogP contribution is -2.45. The molecule has 1 saturated carbocycles. The van der Waals surface area contributed by atoms with Crippen molar-refractivity contribution in [1.82, 2.24) is 4.90 Å². The normalized spacial score (nSPS) is 30.9. The van der Waals surface area contributed by atoms with E-state index in [-0.39, 0.29) is 11.9 Å². The largest absolute Gasteiger partial charge is 0.399 e. The second-order valence-corrected chi connectivity index (χ2v) is 8.68. The molecule has 2 fully saturated rings. The number of nitrogens with zero attached hydrogens (tertiary/aromatic N) is 1. The molecule has 1 amide bonds. The van der Waals surface area contributed by atoms with E-state index in [9.17, 15) is 4.79 Å². The highest BCUT2D eigenvalue weighted by Crippen LogP contribution is 2.52. The van der Waals surface area contributed by atoms with Crippen LogP contribution in [-0.4, -0.2) is 29.4 Å². The number of likely N-dealkylation sites (tertiary alicyclic amines) is 1. The third-order valence-corrected chi connectivity index (χ3v) is 5.49. The monoisotopic (exact) mass is 315 g/mol. The van der Waals surface area contributed by atoms with Gasteiger partial charge in [0.1, 0.15) is 0 Å². The Morgan fingerprint density at radius 1 is 1.35 bits per heavy atom. The van der Waals surface area contributed by atoms with Crippen LogP contribution < -0.4 is 11.1 Å². The van der Waals surface area contributed by atoms with Crippen molar-refractivity contribution < 1.29 is 4.79 Å². The molecule has 1 aromatic rings. The van der Waals surface area contributed by atoms with Gasteiger partial charge in [-0.2, -0.15) is 0 Å². The van der Waals surface area contributed by atoms with Gasteiger partial charge >= 0.3 is 0 Å². The van der Waals surface area contributed by atoms with Crippen molar-refractivity contribution in [2.75, 3.05) is 17.6 Å². The first kappa shape index (κ1) is 16.3. The average molecular weight is 315 g/mol. The third-order valence-electron chi connectivity index (χ3n) is 5.49. The fourth-order valence-electron chi connectivity index (χ4n) is 4.97. The summed E-state index contributed by atoms with van der Waals surface area (Å²) in [5, 5.41) is 3.01. The summed E-state index contributed by atoms with van der Waals surface area (Å²) in [5.41, 5.74) is 7.95. The molecule has 3 unspecified atom stereocenters. The molecule has 2 aliphatic rings. The summed E-state index contributed by atoms with van der Waals surface area (Å²) >= 11 is 0. The van der Waals surface area contributed by atoms with Gasteiger partial charge in [0.05, 0.1) is 6.04 Å². The van der Waals surface area contributed by atoms with Crippen molar-refractivity contribution in [3.63, 3.8) is 0 Å². The third kappa shape index (κ3) is 3.37. The number of hydrogen-bond donors (Lipinski definition) is 2. The second kappa shape index (κ2) is 5.52. The lowest BCUT2D eigenvalue weighted by Gasteiger charge is -2.40. The molecule has 23 heavy (non-hydrogen) atoms. The quantitative estimate of drug-likeness (QED) is 0.839. The Bertz CT molecular complexity index is 612. The van der Waals surface area contributed by atoms with Crippen molar-refractivity contribution in [2.24, 2.45) is 10.8 Å². The molecule has 0 aromatic heterocycles. The fraction of sp³-hybridized carbons (Fsp3) is 0.632. The number of carbonyl (C=O) groups excluding carboxylic acids is 1. The summed E-state index contributed by atoms with van der Waals surface area (Å²) in [7, 11) is 0. The topological polar surface area (TPSA) is 58.4 Å². The zero-order valence-corrected chi connectivity index (χ0v) is 14.7. The number of carbonyl (C=O) groups is 1. The number of nitrogens with one attached hydrogen (secondary N) is 1. The zero-order valence-electron chi connectivity index (χ0n) is 14.7. The number of anilines is 2. The number of amides is 1. The maximum Gasteiger partial charge on any atom is 0.241 e. The smallest absolute Gasteiger partial charge is 0.241 e. The highest BCUT2D eigenvalue weighted by Gasteiger charge is 2.51. The standard InChI is InChI=1S/C19H29N3O/c1-13(17(23)21-15-7-5-6-14(20)8-15)22-12-19(4)10-16(22)9-18(2,3)11-19/h5-8,13,16H,9-12,20H2,1-4H3,(H,21,23). The molecule has 1 heterocycles. The molecule has 3 rings (SSSR count). The van der Waals surface area contributed by atoms with Gasteiger partial charge in [-0.15, -0.1) is 0 Å². The Kier molecular flexibility index (Phi) is 3.91. The van der Waals surface area contributed by atoms with E-state index < -0.39 is 0 Å². The van der Waals surface area contributed by atoms with Gasteiger partial charge < -0.3 is 11.1 Å². The number of nitrogens with two attached hydrogens (primary N) is 1. The molecular weight excluding hydrogens is 286 g/mol. The minimum absolute atomic E-state index is 0.0598. The average Bonchev–Trinajstić information content (AvgIpc) is 2.67. The molecule has 126 valence electrons.